The molecule has 2 heterocycles. The second-order valence-electron chi connectivity index (χ2n) is 6.23. The Morgan fingerprint density at radius 3 is 2.70 bits per heavy atom. The van der Waals surface area contributed by atoms with E-state index >= 15 is 0 Å². The molecule has 2 rings (SSSR count). The van der Waals surface area contributed by atoms with Crippen molar-refractivity contribution in [1.82, 2.24) is 20.1 Å². The van der Waals surface area contributed by atoms with Crippen molar-refractivity contribution in [2.45, 2.75) is 33.2 Å². The van der Waals surface area contributed by atoms with E-state index in [1.165, 1.54) is 5.56 Å². The van der Waals surface area contributed by atoms with Gasteiger partial charge in [-0.05, 0) is 50.7 Å². The van der Waals surface area contributed by atoms with Crippen LogP contribution in [0.3, 0.4) is 0 Å². The number of carbonyl (C=O) groups is 1. The number of nitrogens with zero attached hydrogens (tertiary/aromatic N) is 3. The van der Waals surface area contributed by atoms with E-state index in [9.17, 15) is 4.79 Å². The van der Waals surface area contributed by atoms with Crippen LogP contribution in [0.2, 0.25) is 0 Å². The zero-order chi connectivity index (χ0) is 16.5. The molecule has 1 saturated heterocycles. The van der Waals surface area contributed by atoms with Crippen molar-refractivity contribution in [3.8, 4) is 0 Å². The minimum atomic E-state index is 0.178. The van der Waals surface area contributed by atoms with Crippen molar-refractivity contribution in [2.24, 2.45) is 5.92 Å². The molecular formula is C18H30N4O. The van der Waals surface area contributed by atoms with Crippen molar-refractivity contribution in [1.29, 1.82) is 0 Å². The Morgan fingerprint density at radius 2 is 2.09 bits per heavy atom. The summed E-state index contributed by atoms with van der Waals surface area (Å²) in [6, 6.07) is 4.09. The van der Waals surface area contributed by atoms with E-state index in [0.29, 0.717) is 0 Å². The smallest absolute Gasteiger partial charge is 0.223 e. The Morgan fingerprint density at radius 1 is 1.35 bits per heavy atom. The SMILES string of the molecule is CCN(CC)CCNC(=O)C1CCN(Cc2cccnc2)CC1. The zero-order valence-corrected chi connectivity index (χ0v) is 14.5. The maximum atomic E-state index is 12.3. The predicted octanol–water partition coefficient (Wildman–Crippen LogP) is 1.75. The highest BCUT2D eigenvalue weighted by Crippen LogP contribution is 2.18. The van der Waals surface area contributed by atoms with E-state index in [0.717, 1.165) is 58.7 Å². The summed E-state index contributed by atoms with van der Waals surface area (Å²) in [5.74, 6) is 0.412. The van der Waals surface area contributed by atoms with Gasteiger partial charge in [0.2, 0.25) is 5.91 Å². The molecule has 1 N–H and O–H groups in total. The summed E-state index contributed by atoms with van der Waals surface area (Å²) in [7, 11) is 0. The number of rotatable bonds is 8. The average molecular weight is 318 g/mol. The summed E-state index contributed by atoms with van der Waals surface area (Å²) in [6.07, 6.45) is 5.64. The van der Waals surface area contributed by atoms with Gasteiger partial charge in [0.05, 0.1) is 0 Å². The van der Waals surface area contributed by atoms with Crippen LogP contribution in [0.15, 0.2) is 24.5 Å². The molecule has 1 amide bonds. The van der Waals surface area contributed by atoms with E-state index in [-0.39, 0.29) is 11.8 Å². The molecule has 0 spiro atoms. The summed E-state index contributed by atoms with van der Waals surface area (Å²) >= 11 is 0. The predicted molar refractivity (Wildman–Crippen MR) is 93.0 cm³/mol. The molecule has 0 atom stereocenters. The Hall–Kier alpha value is -1.46. The number of nitrogens with one attached hydrogen (secondary N) is 1. The molecule has 0 bridgehead atoms. The molecule has 0 saturated carbocycles. The largest absolute Gasteiger partial charge is 0.355 e. The van der Waals surface area contributed by atoms with Crippen molar-refractivity contribution in [3.05, 3.63) is 30.1 Å². The lowest BCUT2D eigenvalue weighted by Crippen LogP contribution is -2.42. The molecule has 1 aliphatic rings. The number of pyridine rings is 1. The number of likely N-dealkylation sites (tertiary alicyclic amines) is 1. The molecule has 5 heteroatoms. The molecule has 0 radical (unpaired) electrons. The van der Waals surface area contributed by atoms with Gasteiger partial charge in [-0.2, -0.15) is 0 Å². The lowest BCUT2D eigenvalue weighted by atomic mass is 9.95. The van der Waals surface area contributed by atoms with Crippen LogP contribution in [0.1, 0.15) is 32.3 Å². The van der Waals surface area contributed by atoms with Crippen molar-refractivity contribution >= 4 is 5.91 Å². The monoisotopic (exact) mass is 318 g/mol. The van der Waals surface area contributed by atoms with Crippen molar-refractivity contribution in [2.75, 3.05) is 39.3 Å². The fourth-order valence-corrected chi connectivity index (χ4v) is 3.12. The van der Waals surface area contributed by atoms with Crippen LogP contribution in [0.5, 0.6) is 0 Å². The molecule has 1 aromatic heterocycles. The van der Waals surface area contributed by atoms with Crippen LogP contribution < -0.4 is 5.32 Å². The maximum Gasteiger partial charge on any atom is 0.223 e. The van der Waals surface area contributed by atoms with Crippen molar-refractivity contribution < 1.29 is 4.79 Å². The second kappa shape index (κ2) is 9.63. The minimum Gasteiger partial charge on any atom is -0.355 e. The highest BCUT2D eigenvalue weighted by molar-refractivity contribution is 5.78. The molecule has 1 fully saturated rings. The van der Waals surface area contributed by atoms with Gasteiger partial charge in [0.15, 0.2) is 0 Å². The van der Waals surface area contributed by atoms with Gasteiger partial charge in [0.1, 0.15) is 0 Å². The second-order valence-corrected chi connectivity index (χ2v) is 6.23. The first-order valence-electron chi connectivity index (χ1n) is 8.84. The molecule has 1 aromatic rings. The van der Waals surface area contributed by atoms with E-state index < -0.39 is 0 Å². The number of amides is 1. The first kappa shape index (κ1) is 17.9. The molecule has 0 unspecified atom stereocenters. The number of hydrogen-bond acceptors (Lipinski definition) is 4. The van der Waals surface area contributed by atoms with Gasteiger partial charge in [-0.15, -0.1) is 0 Å². The minimum absolute atomic E-state index is 0.178. The van der Waals surface area contributed by atoms with Crippen LogP contribution in [0.4, 0.5) is 0 Å². The first-order valence-corrected chi connectivity index (χ1v) is 8.84. The highest BCUT2D eigenvalue weighted by atomic mass is 16.1. The Kier molecular flexibility index (Phi) is 7.49. The van der Waals surface area contributed by atoms with Gasteiger partial charge in [-0.25, -0.2) is 0 Å². The van der Waals surface area contributed by atoms with E-state index in [4.69, 9.17) is 0 Å². The third kappa shape index (κ3) is 5.92. The summed E-state index contributed by atoms with van der Waals surface area (Å²) in [4.78, 5) is 21.2. The van der Waals surface area contributed by atoms with Gasteiger partial charge in [0, 0.05) is 37.9 Å². The standard InChI is InChI=1S/C18H30N4O/c1-3-21(4-2)13-10-20-18(23)17-7-11-22(12-8-17)15-16-6-5-9-19-14-16/h5-6,9,14,17H,3-4,7-8,10-13,15H2,1-2H3,(H,20,23). The Labute approximate surface area is 140 Å². The van der Waals surface area contributed by atoms with E-state index in [2.05, 4.69) is 40.0 Å². The lowest BCUT2D eigenvalue weighted by molar-refractivity contribution is -0.126. The van der Waals surface area contributed by atoms with Gasteiger partial charge in [-0.3, -0.25) is 14.7 Å². The normalized spacial score (nSPS) is 16.7. The highest BCUT2D eigenvalue weighted by Gasteiger charge is 2.24. The van der Waals surface area contributed by atoms with Crippen LogP contribution in [-0.4, -0.2) is 60.0 Å². The van der Waals surface area contributed by atoms with E-state index in [1.807, 2.05) is 12.3 Å². The summed E-state index contributed by atoms with van der Waals surface area (Å²) in [6.45, 7) is 11.0. The topological polar surface area (TPSA) is 48.5 Å². The van der Waals surface area contributed by atoms with Gasteiger partial charge < -0.3 is 10.2 Å². The third-order valence-electron chi connectivity index (χ3n) is 4.71. The number of piperidine rings is 1. The van der Waals surface area contributed by atoms with E-state index in [1.54, 1.807) is 6.20 Å². The summed E-state index contributed by atoms with van der Waals surface area (Å²) in [5.41, 5.74) is 1.25. The number of likely N-dealkylation sites (N-methyl/N-ethyl adjacent to an activating group) is 1. The first-order chi connectivity index (χ1) is 11.2. The van der Waals surface area contributed by atoms with Crippen LogP contribution in [-0.2, 0) is 11.3 Å². The quantitative estimate of drug-likeness (QED) is 0.793. The molecular weight excluding hydrogens is 288 g/mol. The Balaban J connectivity index is 1.66. The summed E-state index contributed by atoms with van der Waals surface area (Å²) in [5, 5.41) is 3.11. The maximum absolute atomic E-state index is 12.3. The van der Waals surface area contributed by atoms with Crippen LogP contribution in [0, 0.1) is 5.92 Å². The average Bonchev–Trinajstić information content (AvgIpc) is 2.60. The zero-order valence-electron chi connectivity index (χ0n) is 14.5. The van der Waals surface area contributed by atoms with Crippen LogP contribution in [0.25, 0.3) is 0 Å². The van der Waals surface area contributed by atoms with Gasteiger partial charge in [0.25, 0.3) is 0 Å². The fraction of sp³-hybridized carbons (Fsp3) is 0.667. The molecule has 0 aromatic carbocycles. The third-order valence-corrected chi connectivity index (χ3v) is 4.71. The number of carbonyl (C=O) groups excluding carboxylic acids is 1. The number of aromatic nitrogens is 1. The lowest BCUT2D eigenvalue weighted by Gasteiger charge is -2.31. The number of hydrogen-bond donors (Lipinski definition) is 1. The summed E-state index contributed by atoms with van der Waals surface area (Å²) < 4.78 is 0. The van der Waals surface area contributed by atoms with Crippen LogP contribution >= 0.6 is 0 Å². The molecule has 1 aliphatic heterocycles. The molecule has 128 valence electrons. The van der Waals surface area contributed by atoms with Gasteiger partial charge in [-0.1, -0.05) is 19.9 Å². The van der Waals surface area contributed by atoms with Gasteiger partial charge >= 0.3 is 0 Å². The molecule has 0 aliphatic carbocycles. The fourth-order valence-electron chi connectivity index (χ4n) is 3.12. The molecule has 5 nitrogen and oxygen atoms in total. The Bertz CT molecular complexity index is 453. The molecule has 23 heavy (non-hydrogen) atoms. The van der Waals surface area contributed by atoms with Crippen molar-refractivity contribution in [3.63, 3.8) is 0 Å².